The first kappa shape index (κ1) is 15.2. The molecule has 1 aromatic rings. The highest BCUT2D eigenvalue weighted by atomic mass is 35.5. The van der Waals surface area contributed by atoms with E-state index < -0.39 is 5.97 Å². The number of pyridine rings is 1. The van der Waals surface area contributed by atoms with Crippen molar-refractivity contribution in [2.24, 2.45) is 0 Å². The van der Waals surface area contributed by atoms with Gasteiger partial charge in [0.05, 0.1) is 23.5 Å². The molecule has 19 heavy (non-hydrogen) atoms. The summed E-state index contributed by atoms with van der Waals surface area (Å²) in [5.74, 6) is -0.959. The molecule has 1 aromatic heterocycles. The van der Waals surface area contributed by atoms with E-state index in [0.717, 1.165) is 5.57 Å². The molecule has 1 amide bonds. The Morgan fingerprint density at radius 3 is 2.63 bits per heavy atom. The van der Waals surface area contributed by atoms with Gasteiger partial charge in [0.2, 0.25) is 5.91 Å². The molecule has 0 aliphatic carbocycles. The van der Waals surface area contributed by atoms with Crippen molar-refractivity contribution in [1.82, 2.24) is 4.98 Å². The summed E-state index contributed by atoms with van der Waals surface area (Å²) < 4.78 is 4.62. The maximum absolute atomic E-state index is 11.6. The van der Waals surface area contributed by atoms with Gasteiger partial charge in [-0.3, -0.25) is 4.79 Å². The van der Waals surface area contributed by atoms with Gasteiger partial charge < -0.3 is 10.1 Å². The van der Waals surface area contributed by atoms with Crippen molar-refractivity contribution < 1.29 is 14.3 Å². The van der Waals surface area contributed by atoms with Gasteiger partial charge in [-0.05, 0) is 18.1 Å². The van der Waals surface area contributed by atoms with Crippen LogP contribution in [0.5, 0.6) is 0 Å². The van der Waals surface area contributed by atoms with Crippen molar-refractivity contribution >= 4 is 34.7 Å². The number of ether oxygens (including phenoxy) is 1. The Bertz CT molecular complexity index is 541. The van der Waals surface area contributed by atoms with Crippen molar-refractivity contribution in [3.8, 4) is 0 Å². The molecule has 0 spiro atoms. The van der Waals surface area contributed by atoms with E-state index in [1.165, 1.54) is 14.0 Å². The minimum atomic E-state index is -0.664. The van der Waals surface area contributed by atoms with E-state index in [-0.39, 0.29) is 16.6 Å². The highest BCUT2D eigenvalue weighted by molar-refractivity contribution is 6.36. The number of halogens is 1. The van der Waals surface area contributed by atoms with E-state index >= 15 is 0 Å². The number of methoxy groups -OCH3 is 1. The lowest BCUT2D eigenvalue weighted by molar-refractivity contribution is -0.114. The van der Waals surface area contributed by atoms with Gasteiger partial charge in [0.25, 0.3) is 0 Å². The minimum absolute atomic E-state index is 0.0417. The van der Waals surface area contributed by atoms with E-state index in [0.29, 0.717) is 17.8 Å². The van der Waals surface area contributed by atoms with Gasteiger partial charge in [0, 0.05) is 6.92 Å². The first-order chi connectivity index (χ1) is 8.90. The van der Waals surface area contributed by atoms with Crippen molar-refractivity contribution in [2.75, 3.05) is 12.4 Å². The molecule has 0 saturated carbocycles. The molecule has 1 rings (SSSR count). The van der Waals surface area contributed by atoms with Gasteiger partial charge in [0.1, 0.15) is 0 Å². The fourth-order valence-electron chi connectivity index (χ4n) is 1.40. The zero-order valence-corrected chi connectivity index (χ0v) is 11.8. The van der Waals surface area contributed by atoms with Crippen LogP contribution < -0.4 is 5.32 Å². The standard InChI is InChI=1S/C13H15ClN2O3/c1-5-7(2)9-6-10(15-8(3)17)11(14)12(16-9)13(18)19-4/h6H,2,5H2,1,3-4H3,(H,15,16,17). The van der Waals surface area contributed by atoms with Gasteiger partial charge >= 0.3 is 5.97 Å². The molecule has 0 aromatic carbocycles. The number of rotatable bonds is 4. The third kappa shape index (κ3) is 3.54. The van der Waals surface area contributed by atoms with Gasteiger partial charge in [-0.25, -0.2) is 9.78 Å². The number of amides is 1. The Hall–Kier alpha value is -1.88. The Morgan fingerprint density at radius 2 is 2.16 bits per heavy atom. The van der Waals surface area contributed by atoms with Crippen LogP contribution in [0.1, 0.15) is 36.5 Å². The molecule has 6 heteroatoms. The molecular formula is C13H15ClN2O3. The van der Waals surface area contributed by atoms with Crippen LogP contribution in [0.25, 0.3) is 5.57 Å². The molecule has 0 fully saturated rings. The number of anilines is 1. The maximum Gasteiger partial charge on any atom is 0.358 e. The van der Waals surface area contributed by atoms with Crippen LogP contribution >= 0.6 is 11.6 Å². The average Bonchev–Trinajstić information content (AvgIpc) is 2.38. The van der Waals surface area contributed by atoms with E-state index in [2.05, 4.69) is 21.6 Å². The van der Waals surface area contributed by atoms with Crippen molar-refractivity contribution in [2.45, 2.75) is 20.3 Å². The van der Waals surface area contributed by atoms with E-state index in [4.69, 9.17) is 11.6 Å². The zero-order valence-electron chi connectivity index (χ0n) is 11.0. The Kier molecular flexibility index (Phi) is 5.06. The van der Waals surface area contributed by atoms with Crippen LogP contribution in [0.15, 0.2) is 12.6 Å². The Balaban J connectivity index is 3.41. The summed E-state index contributed by atoms with van der Waals surface area (Å²) >= 11 is 6.04. The fraction of sp³-hybridized carbons (Fsp3) is 0.308. The third-order valence-corrected chi connectivity index (χ3v) is 2.82. The fourth-order valence-corrected chi connectivity index (χ4v) is 1.63. The zero-order chi connectivity index (χ0) is 14.6. The molecule has 0 aliphatic rings. The van der Waals surface area contributed by atoms with Gasteiger partial charge in [-0.1, -0.05) is 25.1 Å². The molecule has 5 nitrogen and oxygen atoms in total. The Labute approximate surface area is 116 Å². The lowest BCUT2D eigenvalue weighted by Crippen LogP contribution is -2.12. The quantitative estimate of drug-likeness (QED) is 0.862. The second kappa shape index (κ2) is 6.33. The first-order valence-corrected chi connectivity index (χ1v) is 6.03. The summed E-state index contributed by atoms with van der Waals surface area (Å²) in [6.07, 6.45) is 0.661. The van der Waals surface area contributed by atoms with Gasteiger partial charge in [-0.2, -0.15) is 0 Å². The van der Waals surface area contributed by atoms with E-state index in [1.54, 1.807) is 6.07 Å². The molecule has 0 radical (unpaired) electrons. The monoisotopic (exact) mass is 282 g/mol. The molecule has 0 unspecified atom stereocenters. The summed E-state index contributed by atoms with van der Waals surface area (Å²) in [6.45, 7) is 7.11. The SMILES string of the molecule is C=C(CC)c1cc(NC(C)=O)c(Cl)c(C(=O)OC)n1. The van der Waals surface area contributed by atoms with Crippen molar-refractivity contribution in [3.63, 3.8) is 0 Å². The summed E-state index contributed by atoms with van der Waals surface area (Å²) in [5, 5.41) is 2.60. The van der Waals surface area contributed by atoms with Gasteiger partial charge in [0.15, 0.2) is 5.69 Å². The van der Waals surface area contributed by atoms with Crippen molar-refractivity contribution in [1.29, 1.82) is 0 Å². The van der Waals surface area contributed by atoms with Gasteiger partial charge in [-0.15, -0.1) is 0 Å². The van der Waals surface area contributed by atoms with Crippen molar-refractivity contribution in [3.05, 3.63) is 29.1 Å². The number of esters is 1. The highest BCUT2D eigenvalue weighted by Crippen LogP contribution is 2.29. The summed E-state index contributed by atoms with van der Waals surface area (Å²) in [6, 6.07) is 1.59. The third-order valence-electron chi connectivity index (χ3n) is 2.44. The first-order valence-electron chi connectivity index (χ1n) is 5.65. The number of hydrogen-bond acceptors (Lipinski definition) is 4. The summed E-state index contributed by atoms with van der Waals surface area (Å²) in [7, 11) is 1.24. The van der Waals surface area contributed by atoms with E-state index in [9.17, 15) is 9.59 Å². The normalized spacial score (nSPS) is 9.89. The average molecular weight is 283 g/mol. The van der Waals surface area contributed by atoms with Crippen LogP contribution in [-0.4, -0.2) is 24.0 Å². The molecule has 0 saturated heterocycles. The molecule has 0 bridgehead atoms. The molecule has 102 valence electrons. The largest absolute Gasteiger partial charge is 0.464 e. The maximum atomic E-state index is 11.6. The molecule has 0 atom stereocenters. The van der Waals surface area contributed by atoms with Crippen LogP contribution in [0.4, 0.5) is 5.69 Å². The van der Waals surface area contributed by atoms with Crippen LogP contribution in [0, 0.1) is 0 Å². The highest BCUT2D eigenvalue weighted by Gasteiger charge is 2.19. The second-order valence-electron chi connectivity index (χ2n) is 3.85. The lowest BCUT2D eigenvalue weighted by atomic mass is 10.1. The molecule has 1 N–H and O–H groups in total. The number of nitrogens with one attached hydrogen (secondary N) is 1. The smallest absolute Gasteiger partial charge is 0.358 e. The van der Waals surface area contributed by atoms with E-state index in [1.807, 2.05) is 6.92 Å². The number of carbonyl (C=O) groups is 2. The molecule has 0 aliphatic heterocycles. The number of nitrogens with zero attached hydrogens (tertiary/aromatic N) is 1. The summed E-state index contributed by atoms with van der Waals surface area (Å²) in [5.41, 5.74) is 1.50. The minimum Gasteiger partial charge on any atom is -0.464 e. The lowest BCUT2D eigenvalue weighted by Gasteiger charge is -2.12. The van der Waals surface area contributed by atoms with Crippen LogP contribution in [-0.2, 0) is 9.53 Å². The molecular weight excluding hydrogens is 268 g/mol. The number of allylic oxidation sites excluding steroid dienone is 1. The number of carbonyl (C=O) groups excluding carboxylic acids is 2. The predicted octanol–water partition coefficient (Wildman–Crippen LogP) is 2.90. The van der Waals surface area contributed by atoms with Crippen LogP contribution in [0.3, 0.4) is 0 Å². The topological polar surface area (TPSA) is 68.3 Å². The summed E-state index contributed by atoms with van der Waals surface area (Å²) in [4.78, 5) is 26.9. The van der Waals surface area contributed by atoms with Crippen LogP contribution in [0.2, 0.25) is 5.02 Å². The Morgan fingerprint density at radius 1 is 1.53 bits per heavy atom. The molecule has 1 heterocycles. The number of aromatic nitrogens is 1. The second-order valence-corrected chi connectivity index (χ2v) is 4.23. The predicted molar refractivity (Wildman–Crippen MR) is 74.2 cm³/mol. The number of hydrogen-bond donors (Lipinski definition) is 1.